The summed E-state index contributed by atoms with van der Waals surface area (Å²) in [4.78, 5) is 75.1. The number of carboxylic acid groups (broad SMARTS) is 1. The number of rotatable bonds is 16. The molecule has 2 fully saturated rings. The second-order valence-corrected chi connectivity index (χ2v) is 18.7. The van der Waals surface area contributed by atoms with Gasteiger partial charge in [0.2, 0.25) is 10.9 Å². The molecular weight excluding hydrogens is 1080 g/mol. The molecule has 6 aromatic heterocycles. The monoisotopic (exact) mass is 1130 g/mol. The second-order valence-electron chi connectivity index (χ2n) is 18.7. The molecule has 2 aliphatic rings. The Morgan fingerprint density at radius 1 is 0.566 bits per heavy atom. The van der Waals surface area contributed by atoms with E-state index in [4.69, 9.17) is 39.3 Å². The third-order valence-corrected chi connectivity index (χ3v) is 13.0. The van der Waals surface area contributed by atoms with E-state index in [1.165, 1.54) is 90.4 Å². The van der Waals surface area contributed by atoms with Crippen LogP contribution in [-0.4, -0.2) is 94.8 Å². The van der Waals surface area contributed by atoms with E-state index >= 15 is 0 Å². The number of aromatic carboxylic acids is 1. The zero-order valence-electron chi connectivity index (χ0n) is 44.7. The molecule has 420 valence electrons. The summed E-state index contributed by atoms with van der Waals surface area (Å²) in [6.45, 7) is 0. The number of anilines is 1. The lowest BCUT2D eigenvalue weighted by Gasteiger charge is -2.12. The predicted molar refractivity (Wildman–Crippen MR) is 298 cm³/mol. The lowest BCUT2D eigenvalue weighted by molar-refractivity contribution is 0.0693. The number of carboxylic acids is 1. The lowest BCUT2D eigenvalue weighted by Crippen LogP contribution is -2.24. The van der Waals surface area contributed by atoms with Crippen molar-refractivity contribution in [2.24, 2.45) is 0 Å². The van der Waals surface area contributed by atoms with Crippen molar-refractivity contribution < 1.29 is 51.9 Å². The predicted octanol–water partition coefficient (Wildman–Crippen LogP) is 9.46. The van der Waals surface area contributed by atoms with Crippen molar-refractivity contribution in [3.63, 3.8) is 0 Å². The van der Waals surface area contributed by atoms with E-state index in [2.05, 4.69) is 40.1 Å². The standard InChI is InChI=1S/C30H24FN5O5.C15H14N4O3.C14H11FN2O3/c1-39-26-11-21-23(12-27(26)40-2)32-10-9-25(21)41-20-14-33-28(34-15-20)13-24(37)22-16-36(19-7-8-19)35-29(30(22)38)17-3-5-18(31)6-4-17;1-20-13-5-10-11(6-14(13)21-2)17-4-3-12(10)22-15-18-7-9(16)8-19-15;15-9-3-1-8(2-4-9)12-13(18)11(14(19)20)7-17(16-12)10-5-6-10/h3-6,9-12,14-16,19H,7-8,13H2,1-2H3;3-8H,16H2,1-2H3;1-4,7,10H,5-6H2,(H,19,20). The first kappa shape index (κ1) is 55.5. The summed E-state index contributed by atoms with van der Waals surface area (Å²) in [5.74, 6) is 1.34. The van der Waals surface area contributed by atoms with Crippen LogP contribution in [0.1, 0.15) is 64.3 Å². The summed E-state index contributed by atoms with van der Waals surface area (Å²) < 4.78 is 62.6. The summed E-state index contributed by atoms with van der Waals surface area (Å²) >= 11 is 0. The molecule has 0 saturated heterocycles. The number of ether oxygens (including phenoxy) is 6. The van der Waals surface area contributed by atoms with E-state index < -0.39 is 34.2 Å². The molecule has 2 saturated carbocycles. The van der Waals surface area contributed by atoms with E-state index in [9.17, 15) is 28.0 Å². The van der Waals surface area contributed by atoms with E-state index in [1.54, 1.807) is 81.9 Å². The van der Waals surface area contributed by atoms with Crippen LogP contribution in [0.4, 0.5) is 14.5 Å². The molecule has 2 aliphatic carbocycles. The maximum absolute atomic E-state index is 13.5. The minimum atomic E-state index is -1.28. The van der Waals surface area contributed by atoms with E-state index in [0.29, 0.717) is 73.5 Å². The molecule has 6 heterocycles. The number of carbonyl (C=O) groups excluding carboxylic acids is 1. The van der Waals surface area contributed by atoms with Gasteiger partial charge in [-0.05, 0) is 98.5 Å². The van der Waals surface area contributed by atoms with Crippen molar-refractivity contribution in [1.82, 2.24) is 49.5 Å². The van der Waals surface area contributed by atoms with Crippen LogP contribution >= 0.6 is 0 Å². The Morgan fingerprint density at radius 3 is 1.45 bits per heavy atom. The van der Waals surface area contributed by atoms with Crippen molar-refractivity contribution in [3.8, 4) is 68.8 Å². The van der Waals surface area contributed by atoms with Gasteiger partial charge in [0.15, 0.2) is 34.5 Å². The molecule has 0 spiro atoms. The molecule has 0 bridgehead atoms. The first-order valence-electron chi connectivity index (χ1n) is 25.5. The molecule has 0 aliphatic heterocycles. The molecule has 12 rings (SSSR count). The molecule has 22 nitrogen and oxygen atoms in total. The van der Waals surface area contributed by atoms with Gasteiger partial charge in [-0.3, -0.25) is 33.7 Å². The number of pyridine rings is 2. The summed E-state index contributed by atoms with van der Waals surface area (Å²) in [5, 5.41) is 19.2. The van der Waals surface area contributed by atoms with Gasteiger partial charge in [-0.25, -0.2) is 33.5 Å². The van der Waals surface area contributed by atoms with Gasteiger partial charge in [0.1, 0.15) is 45.9 Å². The molecular formula is C59H49F2N11O11. The van der Waals surface area contributed by atoms with Gasteiger partial charge in [-0.1, -0.05) is 0 Å². The third-order valence-electron chi connectivity index (χ3n) is 13.0. The highest BCUT2D eigenvalue weighted by molar-refractivity contribution is 5.97. The largest absolute Gasteiger partial charge is 0.493 e. The highest BCUT2D eigenvalue weighted by Gasteiger charge is 2.29. The Bertz CT molecular complexity index is 4160. The number of benzene rings is 4. The Morgan fingerprint density at radius 2 is 1.00 bits per heavy atom. The van der Waals surface area contributed by atoms with Gasteiger partial charge in [-0.2, -0.15) is 10.2 Å². The van der Waals surface area contributed by atoms with Crippen LogP contribution < -0.4 is 45.0 Å². The number of methoxy groups -OCH3 is 4. The Balaban J connectivity index is 0.000000154. The SMILES string of the molecule is COc1cc2nccc(Oc3cnc(CC(=O)c4cn(C5CC5)nc(-c5ccc(F)cc5)c4=O)nc3)c2cc1OC.COc1cc2nccc(Oc3ncc(N)cn3)c2cc1OC.O=C(O)c1cn(C2CC2)nc(-c2ccc(F)cc2)c1=O. The highest BCUT2D eigenvalue weighted by Crippen LogP contribution is 2.39. The van der Waals surface area contributed by atoms with Gasteiger partial charge in [-0.15, -0.1) is 0 Å². The number of carbonyl (C=O) groups is 2. The number of nitrogens with two attached hydrogens (primary N) is 1. The minimum absolute atomic E-state index is 0.0113. The van der Waals surface area contributed by atoms with Gasteiger partial charge in [0, 0.05) is 58.8 Å². The average molecular weight is 1130 g/mol. The lowest BCUT2D eigenvalue weighted by atomic mass is 10.1. The molecule has 24 heteroatoms. The smallest absolute Gasteiger partial charge is 0.341 e. The summed E-state index contributed by atoms with van der Waals surface area (Å²) in [5.41, 5.74) is 6.89. The van der Waals surface area contributed by atoms with Crippen LogP contribution in [-0.2, 0) is 6.42 Å². The fourth-order valence-corrected chi connectivity index (χ4v) is 8.42. The zero-order valence-corrected chi connectivity index (χ0v) is 44.7. The molecule has 10 aromatic rings. The van der Waals surface area contributed by atoms with Gasteiger partial charge < -0.3 is 39.3 Å². The molecule has 83 heavy (non-hydrogen) atoms. The fraction of sp³-hybridized carbons (Fsp3) is 0.186. The number of aromatic nitrogens is 10. The Kier molecular flexibility index (Phi) is 16.3. The first-order valence-corrected chi connectivity index (χ1v) is 25.5. The number of nitrogens with zero attached hydrogens (tertiary/aromatic N) is 10. The number of halogens is 2. The van der Waals surface area contributed by atoms with Crippen molar-refractivity contribution in [3.05, 3.63) is 184 Å². The number of ketones is 1. The molecule has 0 atom stereocenters. The third kappa shape index (κ3) is 12.8. The Hall–Kier alpha value is -10.8. The second kappa shape index (κ2) is 24.3. The summed E-state index contributed by atoms with van der Waals surface area (Å²) in [6.07, 6.45) is 15.3. The first-order chi connectivity index (χ1) is 40.2. The van der Waals surface area contributed by atoms with E-state index in [-0.39, 0.29) is 52.9 Å². The van der Waals surface area contributed by atoms with E-state index in [1.807, 2.05) is 0 Å². The Labute approximate surface area is 469 Å². The fourth-order valence-electron chi connectivity index (χ4n) is 8.42. The number of fused-ring (bicyclic) bond motifs is 2. The molecule has 0 amide bonds. The maximum atomic E-state index is 13.5. The van der Waals surface area contributed by atoms with Crippen molar-refractivity contribution in [1.29, 1.82) is 0 Å². The molecule has 0 unspecified atom stereocenters. The van der Waals surface area contributed by atoms with Crippen LogP contribution in [0.15, 0.2) is 144 Å². The number of hydrogen-bond acceptors (Lipinski definition) is 19. The molecule has 0 radical (unpaired) electrons. The quantitative estimate of drug-likeness (QED) is 0.0851. The van der Waals surface area contributed by atoms with Crippen molar-refractivity contribution in [2.45, 2.75) is 44.2 Å². The van der Waals surface area contributed by atoms with Crippen LogP contribution in [0.5, 0.6) is 46.3 Å². The maximum Gasteiger partial charge on any atom is 0.341 e. The van der Waals surface area contributed by atoms with E-state index in [0.717, 1.165) is 31.1 Å². The van der Waals surface area contributed by atoms with Crippen LogP contribution in [0.3, 0.4) is 0 Å². The molecule has 3 N–H and O–H groups in total. The summed E-state index contributed by atoms with van der Waals surface area (Å²) in [6, 6.07) is 21.8. The van der Waals surface area contributed by atoms with Crippen molar-refractivity contribution >= 4 is 39.2 Å². The normalized spacial score (nSPS) is 12.5. The number of Topliss-reactive ketones (excluding diaryl/α,β-unsaturated/α-hetero) is 1. The van der Waals surface area contributed by atoms with Crippen molar-refractivity contribution in [2.75, 3.05) is 34.2 Å². The van der Waals surface area contributed by atoms with Crippen LogP contribution in [0.25, 0.3) is 44.3 Å². The number of hydrogen-bond donors (Lipinski definition) is 2. The van der Waals surface area contributed by atoms with Gasteiger partial charge in [0.25, 0.3) is 0 Å². The highest BCUT2D eigenvalue weighted by atomic mass is 19.1. The van der Waals surface area contributed by atoms with Crippen LogP contribution in [0.2, 0.25) is 0 Å². The summed E-state index contributed by atoms with van der Waals surface area (Å²) in [7, 11) is 6.25. The van der Waals surface area contributed by atoms with Gasteiger partial charge in [0.05, 0.1) is 94.0 Å². The van der Waals surface area contributed by atoms with Gasteiger partial charge >= 0.3 is 12.0 Å². The average Bonchev–Trinajstić information content (AvgIpc) is 4.62. The molecule has 4 aromatic carbocycles. The topological polar surface area (TPSA) is 283 Å². The minimum Gasteiger partial charge on any atom is -0.493 e. The zero-order chi connectivity index (χ0) is 58.3. The van der Waals surface area contributed by atoms with Crippen LogP contribution in [0, 0.1) is 11.6 Å². The number of nitrogen functional groups attached to an aromatic ring is 1.